The number of amides is 1. The highest BCUT2D eigenvalue weighted by atomic mass is 79.9. The molecule has 1 aromatic rings. The normalized spacial score (nSPS) is 19.7. The first kappa shape index (κ1) is 16.9. The Kier molecular flexibility index (Phi) is 5.11. The molecule has 21 heavy (non-hydrogen) atoms. The third-order valence-electron chi connectivity index (χ3n) is 3.41. The van der Waals surface area contributed by atoms with Gasteiger partial charge in [-0.1, -0.05) is 23.2 Å². The van der Waals surface area contributed by atoms with E-state index in [-0.39, 0.29) is 35.1 Å². The van der Waals surface area contributed by atoms with Crippen LogP contribution in [0.1, 0.15) is 23.2 Å². The largest absolute Gasteiger partial charge is 0.393 e. The van der Waals surface area contributed by atoms with Gasteiger partial charge in [-0.25, -0.2) is 0 Å². The molecule has 1 saturated heterocycles. The van der Waals surface area contributed by atoms with Crippen molar-refractivity contribution < 1.29 is 18.0 Å². The quantitative estimate of drug-likeness (QED) is 0.591. The number of hydrogen-bond acceptors (Lipinski definition) is 1. The summed E-state index contributed by atoms with van der Waals surface area (Å²) in [6.45, 7) is -0.0538. The second-order valence-electron chi connectivity index (χ2n) is 4.88. The third-order valence-corrected chi connectivity index (χ3v) is 4.92. The van der Waals surface area contributed by atoms with E-state index in [9.17, 15) is 18.0 Å². The van der Waals surface area contributed by atoms with Crippen LogP contribution >= 0.6 is 39.1 Å². The fourth-order valence-corrected chi connectivity index (χ4v) is 3.17. The molecule has 1 unspecified atom stereocenters. The molecule has 1 heterocycles. The number of carbonyl (C=O) groups is 1. The number of benzene rings is 1. The lowest BCUT2D eigenvalue weighted by molar-refractivity contribution is -0.184. The summed E-state index contributed by atoms with van der Waals surface area (Å²) in [6.07, 6.45) is -3.93. The van der Waals surface area contributed by atoms with Gasteiger partial charge in [-0.3, -0.25) is 4.79 Å². The molecule has 0 aromatic heterocycles. The van der Waals surface area contributed by atoms with Gasteiger partial charge in [-0.15, -0.1) is 0 Å². The average molecular weight is 405 g/mol. The Hall–Kier alpha value is -0.460. The molecule has 0 N–H and O–H groups in total. The molecule has 8 heteroatoms. The zero-order chi connectivity index (χ0) is 15.8. The summed E-state index contributed by atoms with van der Waals surface area (Å²) >= 11 is 15.1. The first-order chi connectivity index (χ1) is 9.70. The Balaban J connectivity index is 2.22. The van der Waals surface area contributed by atoms with E-state index in [0.717, 1.165) is 0 Å². The zero-order valence-electron chi connectivity index (χ0n) is 10.7. The molecule has 2 rings (SSSR count). The van der Waals surface area contributed by atoms with Gasteiger partial charge < -0.3 is 4.90 Å². The van der Waals surface area contributed by atoms with Crippen LogP contribution in [-0.2, 0) is 0 Å². The van der Waals surface area contributed by atoms with Crippen LogP contribution in [0.5, 0.6) is 0 Å². The number of nitrogens with zero attached hydrogens (tertiary/aromatic N) is 1. The number of alkyl halides is 3. The van der Waals surface area contributed by atoms with Gasteiger partial charge in [0.1, 0.15) is 0 Å². The van der Waals surface area contributed by atoms with Gasteiger partial charge in [-0.05, 0) is 40.9 Å². The van der Waals surface area contributed by atoms with Crippen molar-refractivity contribution in [2.75, 3.05) is 13.1 Å². The summed E-state index contributed by atoms with van der Waals surface area (Å²) < 4.78 is 38.9. The highest BCUT2D eigenvalue weighted by Crippen LogP contribution is 2.35. The van der Waals surface area contributed by atoms with Crippen LogP contribution in [0.2, 0.25) is 10.0 Å². The van der Waals surface area contributed by atoms with E-state index in [1.165, 1.54) is 17.0 Å². The number of likely N-dealkylation sites (tertiary alicyclic amines) is 1. The first-order valence-corrected chi connectivity index (χ1v) is 7.75. The lowest BCUT2D eigenvalue weighted by Crippen LogP contribution is -2.44. The monoisotopic (exact) mass is 403 g/mol. The van der Waals surface area contributed by atoms with Gasteiger partial charge in [0.15, 0.2) is 0 Å². The molecule has 2 nitrogen and oxygen atoms in total. The second kappa shape index (κ2) is 6.34. The summed E-state index contributed by atoms with van der Waals surface area (Å²) in [6, 6.07) is 2.83. The Morgan fingerprint density at radius 3 is 2.57 bits per heavy atom. The van der Waals surface area contributed by atoms with E-state index in [2.05, 4.69) is 15.9 Å². The topological polar surface area (TPSA) is 20.3 Å². The fourth-order valence-electron chi connectivity index (χ4n) is 2.29. The summed E-state index contributed by atoms with van der Waals surface area (Å²) in [5.41, 5.74) is 0.118. The molecule has 1 amide bonds. The number of halogens is 6. The van der Waals surface area contributed by atoms with Gasteiger partial charge in [0.2, 0.25) is 0 Å². The van der Waals surface area contributed by atoms with E-state index in [4.69, 9.17) is 23.2 Å². The van der Waals surface area contributed by atoms with E-state index < -0.39 is 18.0 Å². The van der Waals surface area contributed by atoms with Crippen LogP contribution in [-0.4, -0.2) is 30.1 Å². The smallest absolute Gasteiger partial charge is 0.338 e. The SMILES string of the molecule is O=C(c1cc(Cl)c(Br)cc1Cl)N1CCCC(C(F)(F)F)C1. The van der Waals surface area contributed by atoms with Crippen LogP contribution in [0.3, 0.4) is 0 Å². The standard InChI is InChI=1S/C13H11BrCl2F3NO/c14-9-5-10(15)8(4-11(9)16)12(21)20-3-1-2-7(6-20)13(17,18)19/h4-5,7H,1-3,6H2. The maximum atomic E-state index is 12.8. The minimum Gasteiger partial charge on any atom is -0.338 e. The predicted molar refractivity (Wildman–Crippen MR) is 78.8 cm³/mol. The molecule has 1 fully saturated rings. The average Bonchev–Trinajstić information content (AvgIpc) is 2.41. The molecule has 0 spiro atoms. The van der Waals surface area contributed by atoms with Gasteiger partial charge in [0, 0.05) is 17.6 Å². The van der Waals surface area contributed by atoms with Crippen LogP contribution in [0, 0.1) is 5.92 Å². The fraction of sp³-hybridized carbons (Fsp3) is 0.462. The van der Waals surface area contributed by atoms with Crippen LogP contribution in [0.4, 0.5) is 13.2 Å². The molecule has 0 saturated carbocycles. The minimum absolute atomic E-state index is 0.0438. The van der Waals surface area contributed by atoms with Crippen molar-refractivity contribution in [1.29, 1.82) is 0 Å². The maximum Gasteiger partial charge on any atom is 0.393 e. The van der Waals surface area contributed by atoms with E-state index in [1.54, 1.807) is 0 Å². The van der Waals surface area contributed by atoms with Crippen LogP contribution in [0.25, 0.3) is 0 Å². The first-order valence-electron chi connectivity index (χ1n) is 6.20. The van der Waals surface area contributed by atoms with E-state index >= 15 is 0 Å². The second-order valence-corrected chi connectivity index (χ2v) is 6.55. The summed E-state index contributed by atoms with van der Waals surface area (Å²) in [5.74, 6) is -2.01. The minimum atomic E-state index is -4.29. The Labute approximate surface area is 138 Å². The van der Waals surface area contributed by atoms with Crippen LogP contribution < -0.4 is 0 Å². The van der Waals surface area contributed by atoms with Gasteiger partial charge in [0.25, 0.3) is 5.91 Å². The molecule has 0 bridgehead atoms. The van der Waals surface area contributed by atoms with Crippen LogP contribution in [0.15, 0.2) is 16.6 Å². The van der Waals surface area contributed by atoms with Gasteiger partial charge in [-0.2, -0.15) is 13.2 Å². The van der Waals surface area contributed by atoms with Crippen molar-refractivity contribution in [2.45, 2.75) is 19.0 Å². The maximum absolute atomic E-state index is 12.8. The Morgan fingerprint density at radius 2 is 1.95 bits per heavy atom. The molecule has 116 valence electrons. The number of rotatable bonds is 1. The predicted octanol–water partition coefficient (Wildman–Crippen LogP) is 5.17. The van der Waals surface area contributed by atoms with E-state index in [0.29, 0.717) is 10.9 Å². The van der Waals surface area contributed by atoms with Gasteiger partial charge >= 0.3 is 6.18 Å². The van der Waals surface area contributed by atoms with Crippen molar-refractivity contribution in [3.05, 3.63) is 32.2 Å². The molecule has 1 atom stereocenters. The number of carbonyl (C=O) groups excluding carboxylic acids is 1. The van der Waals surface area contributed by atoms with Crippen molar-refractivity contribution in [1.82, 2.24) is 4.90 Å². The van der Waals surface area contributed by atoms with E-state index in [1.807, 2.05) is 0 Å². The summed E-state index contributed by atoms with van der Waals surface area (Å²) in [5, 5.41) is 0.442. The lowest BCUT2D eigenvalue weighted by atomic mass is 9.97. The molecular weight excluding hydrogens is 394 g/mol. The summed E-state index contributed by atoms with van der Waals surface area (Å²) in [4.78, 5) is 13.5. The molecule has 1 aliphatic rings. The number of piperidine rings is 1. The van der Waals surface area contributed by atoms with Crippen molar-refractivity contribution >= 4 is 45.0 Å². The van der Waals surface area contributed by atoms with Crippen molar-refractivity contribution in [2.24, 2.45) is 5.92 Å². The molecule has 0 aliphatic carbocycles. The van der Waals surface area contributed by atoms with Gasteiger partial charge in [0.05, 0.1) is 21.5 Å². The molecule has 1 aliphatic heterocycles. The lowest BCUT2D eigenvalue weighted by Gasteiger charge is -2.34. The molecule has 1 aromatic carbocycles. The van der Waals surface area contributed by atoms with Crippen molar-refractivity contribution in [3.63, 3.8) is 0 Å². The highest BCUT2D eigenvalue weighted by molar-refractivity contribution is 9.10. The Bertz CT molecular complexity index is 565. The Morgan fingerprint density at radius 1 is 1.29 bits per heavy atom. The third kappa shape index (κ3) is 3.85. The molecule has 0 radical (unpaired) electrons. The molecular formula is C13H11BrCl2F3NO. The highest BCUT2D eigenvalue weighted by Gasteiger charge is 2.42. The van der Waals surface area contributed by atoms with Crippen molar-refractivity contribution in [3.8, 4) is 0 Å². The number of hydrogen-bond donors (Lipinski definition) is 0. The summed E-state index contributed by atoms with van der Waals surface area (Å²) in [7, 11) is 0. The zero-order valence-corrected chi connectivity index (χ0v) is 13.8.